The fourth-order valence-corrected chi connectivity index (χ4v) is 3.58. The average Bonchev–Trinajstić information content (AvgIpc) is 3.00. The number of carbonyl (C=O) groups excluding carboxylic acids is 2. The number of sulfonamides is 1. The first-order chi connectivity index (χ1) is 12.3. The molecule has 0 spiro atoms. The first kappa shape index (κ1) is 20.8. The summed E-state index contributed by atoms with van der Waals surface area (Å²) in [6.07, 6.45) is 0. The van der Waals surface area contributed by atoms with Crippen LogP contribution in [0.2, 0.25) is 0 Å². The summed E-state index contributed by atoms with van der Waals surface area (Å²) in [7, 11) is -4.12. The molecule has 1 amide bonds. The number of nitrogens with one attached hydrogen (secondary N) is 1. The maximum absolute atomic E-state index is 12.5. The van der Waals surface area contributed by atoms with E-state index in [4.69, 9.17) is 0 Å². The molecule has 0 aliphatic carbocycles. The zero-order valence-electron chi connectivity index (χ0n) is 16.4. The number of benzene rings is 1. The Morgan fingerprint density at radius 2 is 1.78 bits per heavy atom. The van der Waals surface area contributed by atoms with E-state index in [0.717, 1.165) is 5.69 Å². The molecule has 1 aromatic carbocycles. The van der Waals surface area contributed by atoms with Gasteiger partial charge in [-0.25, -0.2) is 13.1 Å². The molecule has 146 valence electrons. The van der Waals surface area contributed by atoms with Gasteiger partial charge in [-0.3, -0.25) is 14.3 Å². The molecule has 1 N–H and O–H groups in total. The highest BCUT2D eigenvalue weighted by Crippen LogP contribution is 2.23. The van der Waals surface area contributed by atoms with Crippen LogP contribution in [0.25, 0.3) is 0 Å². The second kappa shape index (κ2) is 7.26. The number of amides is 1. The van der Waals surface area contributed by atoms with E-state index in [1.165, 1.54) is 31.2 Å². The molecule has 2 rings (SSSR count). The van der Waals surface area contributed by atoms with Gasteiger partial charge in [-0.05, 0) is 51.8 Å². The van der Waals surface area contributed by atoms with Crippen molar-refractivity contribution in [3.63, 3.8) is 0 Å². The molecule has 0 fully saturated rings. The molecule has 0 radical (unpaired) electrons. The molecule has 1 heterocycles. The molecule has 0 saturated carbocycles. The van der Waals surface area contributed by atoms with Crippen molar-refractivity contribution < 1.29 is 18.0 Å². The second-order valence-corrected chi connectivity index (χ2v) is 9.39. The number of hydrogen-bond acceptors (Lipinski definition) is 5. The maximum Gasteiger partial charge on any atom is 0.285 e. The van der Waals surface area contributed by atoms with Crippen LogP contribution in [-0.4, -0.2) is 29.9 Å². The number of aromatic nitrogens is 2. The Morgan fingerprint density at radius 1 is 1.15 bits per heavy atom. The standard InChI is InChI=1S/C19H25N3O4S/c1-12(2)17-11-16(20-22(17)19(4,5)6)18(24)21-27(25,26)15-9-7-8-14(10-15)13(3)23/h7-12H,1-6H3,(H,21,24). The van der Waals surface area contributed by atoms with Crippen molar-refractivity contribution in [2.75, 3.05) is 0 Å². The lowest BCUT2D eigenvalue weighted by Crippen LogP contribution is -2.31. The van der Waals surface area contributed by atoms with Gasteiger partial charge in [-0.2, -0.15) is 5.10 Å². The van der Waals surface area contributed by atoms with Crippen LogP contribution < -0.4 is 4.72 Å². The summed E-state index contributed by atoms with van der Waals surface area (Å²) in [6, 6.07) is 7.15. The lowest BCUT2D eigenvalue weighted by molar-refractivity contribution is 0.0973. The predicted molar refractivity (Wildman–Crippen MR) is 102 cm³/mol. The number of carbonyl (C=O) groups is 2. The van der Waals surface area contributed by atoms with E-state index in [-0.39, 0.29) is 33.4 Å². The topological polar surface area (TPSA) is 98.1 Å². The summed E-state index contributed by atoms with van der Waals surface area (Å²) in [4.78, 5) is 23.9. The van der Waals surface area contributed by atoms with Crippen LogP contribution in [0, 0.1) is 0 Å². The number of Topliss-reactive ketones (excluding diaryl/α,β-unsaturated/α-hetero) is 1. The molecular formula is C19H25N3O4S. The third-order valence-corrected chi connectivity index (χ3v) is 5.30. The van der Waals surface area contributed by atoms with Gasteiger partial charge >= 0.3 is 0 Å². The molecule has 0 aliphatic rings. The minimum atomic E-state index is -4.12. The summed E-state index contributed by atoms with van der Waals surface area (Å²) in [5.41, 5.74) is 0.764. The van der Waals surface area contributed by atoms with E-state index < -0.39 is 15.9 Å². The number of nitrogens with zero attached hydrogens (tertiary/aromatic N) is 2. The van der Waals surface area contributed by atoms with Crippen LogP contribution in [0.15, 0.2) is 35.2 Å². The van der Waals surface area contributed by atoms with Crippen LogP contribution in [0.1, 0.15) is 74.0 Å². The van der Waals surface area contributed by atoms with Crippen molar-refractivity contribution in [1.82, 2.24) is 14.5 Å². The normalized spacial score (nSPS) is 12.3. The molecule has 1 aromatic heterocycles. The Labute approximate surface area is 159 Å². The summed E-state index contributed by atoms with van der Waals surface area (Å²) in [5.74, 6) is -0.959. The monoisotopic (exact) mass is 391 g/mol. The third kappa shape index (κ3) is 4.63. The zero-order chi connectivity index (χ0) is 20.6. The quantitative estimate of drug-likeness (QED) is 0.790. The van der Waals surface area contributed by atoms with Gasteiger partial charge in [0.05, 0.1) is 10.4 Å². The first-order valence-corrected chi connectivity index (χ1v) is 10.1. The Hall–Kier alpha value is -2.48. The first-order valence-electron chi connectivity index (χ1n) is 8.61. The molecule has 27 heavy (non-hydrogen) atoms. The van der Waals surface area contributed by atoms with E-state index in [1.54, 1.807) is 10.7 Å². The van der Waals surface area contributed by atoms with Crippen molar-refractivity contribution in [1.29, 1.82) is 0 Å². The van der Waals surface area contributed by atoms with Gasteiger partial charge in [-0.15, -0.1) is 0 Å². The lowest BCUT2D eigenvalue weighted by atomic mass is 10.1. The molecule has 0 saturated heterocycles. The van der Waals surface area contributed by atoms with Gasteiger partial charge in [-0.1, -0.05) is 26.0 Å². The minimum Gasteiger partial charge on any atom is -0.295 e. The second-order valence-electron chi connectivity index (χ2n) is 7.71. The fourth-order valence-electron chi connectivity index (χ4n) is 2.57. The van der Waals surface area contributed by atoms with Gasteiger partial charge in [0, 0.05) is 11.3 Å². The van der Waals surface area contributed by atoms with Gasteiger partial charge < -0.3 is 0 Å². The van der Waals surface area contributed by atoms with Crippen molar-refractivity contribution in [3.05, 3.63) is 47.3 Å². The molecule has 8 heteroatoms. The van der Waals surface area contributed by atoms with Crippen molar-refractivity contribution in [3.8, 4) is 0 Å². The summed E-state index contributed by atoms with van der Waals surface area (Å²) < 4.78 is 28.8. The lowest BCUT2D eigenvalue weighted by Gasteiger charge is -2.23. The highest BCUT2D eigenvalue weighted by Gasteiger charge is 2.26. The van der Waals surface area contributed by atoms with Crippen LogP contribution in [-0.2, 0) is 15.6 Å². The van der Waals surface area contributed by atoms with Crippen LogP contribution in [0.5, 0.6) is 0 Å². The Balaban J connectivity index is 2.37. The molecule has 0 atom stereocenters. The fraction of sp³-hybridized carbons (Fsp3) is 0.421. The Kier molecular flexibility index (Phi) is 5.60. The smallest absolute Gasteiger partial charge is 0.285 e. The van der Waals surface area contributed by atoms with Crippen LogP contribution in [0.4, 0.5) is 0 Å². The number of rotatable bonds is 5. The van der Waals surface area contributed by atoms with E-state index in [2.05, 4.69) is 5.10 Å². The molecule has 2 aromatic rings. The van der Waals surface area contributed by atoms with Gasteiger partial charge in [0.2, 0.25) is 0 Å². The van der Waals surface area contributed by atoms with Crippen LogP contribution in [0.3, 0.4) is 0 Å². The summed E-state index contributed by atoms with van der Waals surface area (Å²) in [5, 5.41) is 4.31. The molecule has 0 aliphatic heterocycles. The molecule has 7 nitrogen and oxygen atoms in total. The van der Waals surface area contributed by atoms with Crippen LogP contribution >= 0.6 is 0 Å². The van der Waals surface area contributed by atoms with Crippen molar-refractivity contribution in [2.45, 2.75) is 57.9 Å². The van der Waals surface area contributed by atoms with E-state index in [0.29, 0.717) is 0 Å². The predicted octanol–water partition coefficient (Wildman–Crippen LogP) is 3.08. The van der Waals surface area contributed by atoms with Gasteiger partial charge in [0.1, 0.15) is 0 Å². The van der Waals surface area contributed by atoms with E-state index in [1.807, 2.05) is 39.3 Å². The molecule has 0 bridgehead atoms. The highest BCUT2D eigenvalue weighted by molar-refractivity contribution is 7.90. The Bertz CT molecular complexity index is 983. The Morgan fingerprint density at radius 3 is 2.26 bits per heavy atom. The highest BCUT2D eigenvalue weighted by atomic mass is 32.2. The summed E-state index contributed by atoms with van der Waals surface area (Å²) >= 11 is 0. The van der Waals surface area contributed by atoms with E-state index in [9.17, 15) is 18.0 Å². The van der Waals surface area contributed by atoms with Gasteiger partial charge in [0.25, 0.3) is 15.9 Å². The van der Waals surface area contributed by atoms with Crippen molar-refractivity contribution >= 4 is 21.7 Å². The number of hydrogen-bond donors (Lipinski definition) is 1. The largest absolute Gasteiger partial charge is 0.295 e. The van der Waals surface area contributed by atoms with Gasteiger partial charge in [0.15, 0.2) is 11.5 Å². The average molecular weight is 391 g/mol. The van der Waals surface area contributed by atoms with Crippen molar-refractivity contribution in [2.24, 2.45) is 0 Å². The van der Waals surface area contributed by atoms with E-state index >= 15 is 0 Å². The minimum absolute atomic E-state index is 0.0277. The zero-order valence-corrected chi connectivity index (χ0v) is 17.2. The molecular weight excluding hydrogens is 366 g/mol. The summed E-state index contributed by atoms with van der Waals surface area (Å²) in [6.45, 7) is 11.2. The molecule has 0 unspecified atom stereocenters. The third-order valence-electron chi connectivity index (χ3n) is 3.97. The SMILES string of the molecule is CC(=O)c1cccc(S(=O)(=O)NC(=O)c2cc(C(C)C)n(C(C)(C)C)n2)c1. The number of ketones is 1. The maximum atomic E-state index is 12.5.